The van der Waals surface area contributed by atoms with Gasteiger partial charge in [0.2, 0.25) is 0 Å². The lowest BCUT2D eigenvalue weighted by atomic mass is 9.93. The number of H-pyrrole nitrogens is 1. The first-order valence-corrected chi connectivity index (χ1v) is 7.53. The maximum Gasteiger partial charge on any atom is 0.0458 e. The van der Waals surface area contributed by atoms with Crippen molar-refractivity contribution in [2.45, 2.75) is 26.2 Å². The fraction of sp³-hybridized carbons (Fsp3) is 0.263. The van der Waals surface area contributed by atoms with Crippen LogP contribution in [0.1, 0.15) is 29.7 Å². The van der Waals surface area contributed by atoms with Gasteiger partial charge in [-0.2, -0.15) is 0 Å². The van der Waals surface area contributed by atoms with Crippen molar-refractivity contribution in [2.24, 2.45) is 0 Å². The number of benzene rings is 2. The number of rotatable bonds is 4. The van der Waals surface area contributed by atoms with Crippen LogP contribution in [0.2, 0.25) is 0 Å². The van der Waals surface area contributed by atoms with Gasteiger partial charge in [-0.3, -0.25) is 0 Å². The van der Waals surface area contributed by atoms with E-state index in [-0.39, 0.29) is 0 Å². The van der Waals surface area contributed by atoms with Crippen molar-refractivity contribution in [1.82, 2.24) is 4.98 Å². The zero-order valence-electron chi connectivity index (χ0n) is 12.9. The molecule has 0 bridgehead atoms. The first-order valence-electron chi connectivity index (χ1n) is 7.53. The van der Waals surface area contributed by atoms with Crippen LogP contribution in [0, 0.1) is 6.92 Å². The van der Waals surface area contributed by atoms with Gasteiger partial charge in [0.1, 0.15) is 0 Å². The summed E-state index contributed by atoms with van der Waals surface area (Å²) in [5.41, 5.74) is 6.55. The molecule has 0 amide bonds. The molecule has 2 nitrogen and oxygen atoms in total. The molecule has 1 heterocycles. The molecule has 0 radical (unpaired) electrons. The van der Waals surface area contributed by atoms with Gasteiger partial charge in [-0.1, -0.05) is 43.3 Å². The second-order valence-corrected chi connectivity index (χ2v) is 5.72. The van der Waals surface area contributed by atoms with Gasteiger partial charge in [0, 0.05) is 29.3 Å². The third-order valence-electron chi connectivity index (χ3n) is 4.34. The highest BCUT2D eigenvalue weighted by Gasteiger charge is 2.14. The molecule has 2 N–H and O–H groups in total. The van der Waals surface area contributed by atoms with Crippen molar-refractivity contribution < 1.29 is 0 Å². The SMILES string of the molecule is CNc1ccccc1C(C)Cc1[nH]c2ccccc2c1C. The Morgan fingerprint density at radius 2 is 1.76 bits per heavy atom. The van der Waals surface area contributed by atoms with Crippen molar-refractivity contribution in [1.29, 1.82) is 0 Å². The molecule has 2 heteroatoms. The lowest BCUT2D eigenvalue weighted by Gasteiger charge is -2.16. The number of para-hydroxylation sites is 2. The van der Waals surface area contributed by atoms with Crippen LogP contribution in [0.25, 0.3) is 10.9 Å². The summed E-state index contributed by atoms with van der Waals surface area (Å²) >= 11 is 0. The Balaban J connectivity index is 1.93. The number of nitrogens with one attached hydrogen (secondary N) is 2. The summed E-state index contributed by atoms with van der Waals surface area (Å²) in [5, 5.41) is 4.63. The standard InChI is InChI=1S/C19H22N2/c1-13(15-8-4-6-10-17(15)20-3)12-19-14(2)16-9-5-7-11-18(16)21-19/h4-11,13,20-21H,12H2,1-3H3. The molecule has 2 aromatic carbocycles. The second kappa shape index (κ2) is 5.65. The Morgan fingerprint density at radius 3 is 2.52 bits per heavy atom. The van der Waals surface area contributed by atoms with Crippen LogP contribution in [0.4, 0.5) is 5.69 Å². The van der Waals surface area contributed by atoms with E-state index in [0.29, 0.717) is 5.92 Å². The molecule has 1 aromatic heterocycles. The van der Waals surface area contributed by atoms with E-state index in [0.717, 1.165) is 6.42 Å². The number of anilines is 1. The fourth-order valence-electron chi connectivity index (χ4n) is 3.11. The minimum absolute atomic E-state index is 0.473. The van der Waals surface area contributed by atoms with Crippen molar-refractivity contribution in [3.05, 3.63) is 65.4 Å². The van der Waals surface area contributed by atoms with E-state index in [9.17, 15) is 0 Å². The van der Waals surface area contributed by atoms with Crippen molar-refractivity contribution in [3.8, 4) is 0 Å². The number of hydrogen-bond donors (Lipinski definition) is 2. The normalized spacial score (nSPS) is 12.5. The van der Waals surface area contributed by atoms with E-state index < -0.39 is 0 Å². The van der Waals surface area contributed by atoms with E-state index in [4.69, 9.17) is 0 Å². The van der Waals surface area contributed by atoms with E-state index in [1.807, 2.05) is 7.05 Å². The van der Waals surface area contributed by atoms with Crippen LogP contribution in [0.5, 0.6) is 0 Å². The first-order chi connectivity index (χ1) is 10.2. The zero-order chi connectivity index (χ0) is 14.8. The number of fused-ring (bicyclic) bond motifs is 1. The van der Waals surface area contributed by atoms with Gasteiger partial charge in [-0.25, -0.2) is 0 Å². The summed E-state index contributed by atoms with van der Waals surface area (Å²) in [6.07, 6.45) is 1.03. The number of hydrogen-bond acceptors (Lipinski definition) is 1. The van der Waals surface area contributed by atoms with Gasteiger partial charge in [0.05, 0.1) is 0 Å². The van der Waals surface area contributed by atoms with Gasteiger partial charge >= 0.3 is 0 Å². The second-order valence-electron chi connectivity index (χ2n) is 5.72. The Hall–Kier alpha value is -2.22. The number of aromatic amines is 1. The Labute approximate surface area is 126 Å². The summed E-state index contributed by atoms with van der Waals surface area (Å²) in [4.78, 5) is 3.58. The van der Waals surface area contributed by atoms with Crippen LogP contribution in [-0.4, -0.2) is 12.0 Å². The Kier molecular flexibility index (Phi) is 3.70. The Bertz CT molecular complexity index is 755. The van der Waals surface area contributed by atoms with Crippen LogP contribution in [0.3, 0.4) is 0 Å². The average molecular weight is 278 g/mol. The summed E-state index contributed by atoms with van der Waals surface area (Å²) in [7, 11) is 1.99. The highest BCUT2D eigenvalue weighted by atomic mass is 14.8. The number of aryl methyl sites for hydroxylation is 1. The minimum Gasteiger partial charge on any atom is -0.388 e. The van der Waals surface area contributed by atoms with Gasteiger partial charge in [-0.15, -0.1) is 0 Å². The fourth-order valence-corrected chi connectivity index (χ4v) is 3.11. The molecular weight excluding hydrogens is 256 g/mol. The van der Waals surface area contributed by atoms with Gasteiger partial charge < -0.3 is 10.3 Å². The third kappa shape index (κ3) is 2.54. The smallest absolute Gasteiger partial charge is 0.0458 e. The van der Waals surface area contributed by atoms with Crippen LogP contribution >= 0.6 is 0 Å². The van der Waals surface area contributed by atoms with Gasteiger partial charge in [0.15, 0.2) is 0 Å². The molecule has 0 saturated carbocycles. The molecule has 0 aliphatic heterocycles. The highest BCUT2D eigenvalue weighted by Crippen LogP contribution is 2.30. The number of aromatic nitrogens is 1. The highest BCUT2D eigenvalue weighted by molar-refractivity contribution is 5.84. The maximum absolute atomic E-state index is 3.58. The average Bonchev–Trinajstić information content (AvgIpc) is 2.84. The molecule has 1 unspecified atom stereocenters. The molecule has 0 aliphatic rings. The lowest BCUT2D eigenvalue weighted by molar-refractivity contribution is 0.744. The molecule has 3 aromatic rings. The van der Waals surface area contributed by atoms with Crippen LogP contribution in [0.15, 0.2) is 48.5 Å². The molecule has 0 fully saturated rings. The zero-order valence-corrected chi connectivity index (χ0v) is 12.9. The maximum atomic E-state index is 3.58. The Morgan fingerprint density at radius 1 is 1.05 bits per heavy atom. The molecule has 3 rings (SSSR count). The van der Waals surface area contributed by atoms with E-state index >= 15 is 0 Å². The molecule has 1 atom stereocenters. The minimum atomic E-state index is 0.473. The van der Waals surface area contributed by atoms with Crippen LogP contribution in [-0.2, 0) is 6.42 Å². The molecule has 21 heavy (non-hydrogen) atoms. The predicted octanol–water partition coefficient (Wildman–Crippen LogP) is 4.86. The van der Waals surface area contributed by atoms with Crippen molar-refractivity contribution in [3.63, 3.8) is 0 Å². The van der Waals surface area contributed by atoms with E-state index in [1.165, 1.54) is 33.4 Å². The van der Waals surface area contributed by atoms with Gasteiger partial charge in [0.25, 0.3) is 0 Å². The van der Waals surface area contributed by atoms with E-state index in [2.05, 4.69) is 72.7 Å². The molecule has 0 spiro atoms. The largest absolute Gasteiger partial charge is 0.388 e. The summed E-state index contributed by atoms with van der Waals surface area (Å²) in [6, 6.07) is 17.1. The summed E-state index contributed by atoms with van der Waals surface area (Å²) in [5.74, 6) is 0.473. The first kappa shape index (κ1) is 13.7. The third-order valence-corrected chi connectivity index (χ3v) is 4.34. The predicted molar refractivity (Wildman–Crippen MR) is 91.1 cm³/mol. The van der Waals surface area contributed by atoms with Gasteiger partial charge in [-0.05, 0) is 42.5 Å². The van der Waals surface area contributed by atoms with Crippen LogP contribution < -0.4 is 5.32 Å². The summed E-state index contributed by atoms with van der Waals surface area (Å²) < 4.78 is 0. The van der Waals surface area contributed by atoms with E-state index in [1.54, 1.807) is 0 Å². The van der Waals surface area contributed by atoms with Crippen molar-refractivity contribution >= 4 is 16.6 Å². The molecule has 0 aliphatic carbocycles. The monoisotopic (exact) mass is 278 g/mol. The quantitative estimate of drug-likeness (QED) is 0.700. The van der Waals surface area contributed by atoms with Crippen molar-refractivity contribution in [2.75, 3.05) is 12.4 Å². The summed E-state index contributed by atoms with van der Waals surface area (Å²) in [6.45, 7) is 4.51. The molecular formula is C19H22N2. The molecule has 108 valence electrons. The lowest BCUT2D eigenvalue weighted by Crippen LogP contribution is -2.03. The molecule has 0 saturated heterocycles. The topological polar surface area (TPSA) is 27.8 Å².